The van der Waals surface area contributed by atoms with Gasteiger partial charge in [-0.2, -0.15) is 13.7 Å². The van der Waals surface area contributed by atoms with Crippen LogP contribution in [-0.4, -0.2) is 59.0 Å². The van der Waals surface area contributed by atoms with Crippen molar-refractivity contribution < 1.29 is 22.5 Å². The van der Waals surface area contributed by atoms with Crippen LogP contribution in [-0.2, 0) is 13.4 Å². The summed E-state index contributed by atoms with van der Waals surface area (Å²) in [5.74, 6) is 0.946. The highest BCUT2D eigenvalue weighted by atomic mass is 35.5. The van der Waals surface area contributed by atoms with Gasteiger partial charge in [-0.3, -0.25) is 0 Å². The predicted molar refractivity (Wildman–Crippen MR) is 136 cm³/mol. The molecule has 0 aliphatic carbocycles. The lowest BCUT2D eigenvalue weighted by Crippen LogP contribution is -2.32. The summed E-state index contributed by atoms with van der Waals surface area (Å²) in [6.07, 6.45) is 0. The molecule has 0 N–H and O–H groups in total. The Morgan fingerprint density at radius 3 is 1.15 bits per heavy atom. The molecule has 0 amide bonds. The third kappa shape index (κ3) is 8.92. The van der Waals surface area contributed by atoms with Crippen molar-refractivity contribution in [1.82, 2.24) is 9.34 Å². The molecule has 0 fully saturated rings. The molecule has 7 nitrogen and oxygen atoms in total. The quantitative estimate of drug-likeness (QED) is 0.158. The van der Waals surface area contributed by atoms with E-state index in [0.29, 0.717) is 0 Å². The first kappa shape index (κ1) is 28.8. The van der Waals surface area contributed by atoms with Crippen LogP contribution in [0, 0.1) is 0 Å². The zero-order valence-corrected chi connectivity index (χ0v) is 22.6. The van der Waals surface area contributed by atoms with Crippen molar-refractivity contribution in [2.45, 2.75) is 0 Å². The van der Waals surface area contributed by atoms with Crippen LogP contribution in [0.4, 0.5) is 0 Å². The molecule has 0 radical (unpaired) electrons. The number of halogens is 4. The van der Waals surface area contributed by atoms with E-state index in [2.05, 4.69) is 0 Å². The topological polar surface area (TPSA) is 68.3 Å². The molecule has 33 heavy (non-hydrogen) atoms. The van der Waals surface area contributed by atoms with Gasteiger partial charge in [-0.25, -0.2) is 9.13 Å². The van der Waals surface area contributed by atoms with Crippen LogP contribution < -0.4 is 9.05 Å². The molecule has 2 rings (SSSR count). The summed E-state index contributed by atoms with van der Waals surface area (Å²) in [6.45, 7) is 0.424. The molecule has 2 aromatic rings. The Balaban J connectivity index is 2.53. The Hall–Kier alpha value is -0.460. The molecule has 0 bridgehead atoms. The van der Waals surface area contributed by atoms with Crippen LogP contribution in [0.5, 0.6) is 11.5 Å². The van der Waals surface area contributed by atoms with E-state index in [-0.39, 0.29) is 61.2 Å². The number of para-hydroxylation sites is 2. The van der Waals surface area contributed by atoms with E-state index in [1.54, 1.807) is 60.7 Å². The lowest BCUT2D eigenvalue weighted by molar-refractivity contribution is 0.245. The zero-order valence-electron chi connectivity index (χ0n) is 17.8. The number of hydrogen-bond donors (Lipinski definition) is 0. The molecule has 0 heterocycles. The van der Waals surface area contributed by atoms with Gasteiger partial charge in [0.1, 0.15) is 11.5 Å². The molecule has 0 saturated heterocycles. The summed E-state index contributed by atoms with van der Waals surface area (Å²) >= 11 is 23.8. The third-order valence-corrected chi connectivity index (χ3v) is 9.59. The van der Waals surface area contributed by atoms with Crippen LogP contribution in [0.1, 0.15) is 0 Å². The van der Waals surface area contributed by atoms with Crippen molar-refractivity contribution >= 4 is 61.9 Å². The van der Waals surface area contributed by atoms with E-state index in [9.17, 15) is 9.13 Å². The van der Waals surface area contributed by atoms with Crippen molar-refractivity contribution in [3.8, 4) is 11.5 Å². The SMILES string of the molecule is O=P(Oc1ccccc1)(OP(=O)(Oc1ccccc1)N(CCCl)CCCl)N(CCCl)CCCl. The Kier molecular flexibility index (Phi) is 12.9. The fourth-order valence-electron chi connectivity index (χ4n) is 2.72. The van der Waals surface area contributed by atoms with E-state index in [0.717, 1.165) is 0 Å². The third-order valence-electron chi connectivity index (χ3n) is 4.20. The van der Waals surface area contributed by atoms with Crippen molar-refractivity contribution in [2.75, 3.05) is 49.7 Å². The van der Waals surface area contributed by atoms with Gasteiger partial charge in [0.25, 0.3) is 0 Å². The summed E-state index contributed by atoms with van der Waals surface area (Å²) in [4.78, 5) is 0. The maximum atomic E-state index is 14.2. The summed E-state index contributed by atoms with van der Waals surface area (Å²) in [5.41, 5.74) is 0. The van der Waals surface area contributed by atoms with Gasteiger partial charge in [0.05, 0.1) is 0 Å². The summed E-state index contributed by atoms with van der Waals surface area (Å²) in [6, 6.07) is 16.8. The van der Waals surface area contributed by atoms with Crippen LogP contribution in [0.25, 0.3) is 0 Å². The Bertz CT molecular complexity index is 828. The van der Waals surface area contributed by atoms with E-state index in [1.165, 1.54) is 9.34 Å². The maximum Gasteiger partial charge on any atom is 0.470 e. The summed E-state index contributed by atoms with van der Waals surface area (Å²) in [7, 11) is -8.59. The minimum atomic E-state index is -4.30. The number of benzene rings is 2. The number of alkyl halides is 4. The molecule has 0 aliphatic rings. The predicted octanol–water partition coefficient (Wildman–Crippen LogP) is 6.94. The molecule has 0 saturated carbocycles. The van der Waals surface area contributed by atoms with Gasteiger partial charge in [-0.1, -0.05) is 36.4 Å². The fourth-order valence-corrected chi connectivity index (χ4v) is 8.53. The van der Waals surface area contributed by atoms with Gasteiger partial charge in [-0.15, -0.1) is 46.4 Å². The summed E-state index contributed by atoms with van der Waals surface area (Å²) < 4.78 is 48.5. The lowest BCUT2D eigenvalue weighted by Gasteiger charge is -2.35. The largest absolute Gasteiger partial charge is 0.470 e. The van der Waals surface area contributed by atoms with Crippen molar-refractivity contribution in [1.29, 1.82) is 0 Å². The highest BCUT2D eigenvalue weighted by molar-refractivity contribution is 7.65. The highest BCUT2D eigenvalue weighted by Gasteiger charge is 2.47. The molecular formula is C20H26Cl4N2O5P2. The van der Waals surface area contributed by atoms with Crippen LogP contribution in [0.2, 0.25) is 0 Å². The van der Waals surface area contributed by atoms with E-state index < -0.39 is 15.5 Å². The Morgan fingerprint density at radius 1 is 0.576 bits per heavy atom. The molecule has 0 aliphatic heterocycles. The van der Waals surface area contributed by atoms with Crippen molar-refractivity contribution in [3.05, 3.63) is 60.7 Å². The van der Waals surface area contributed by atoms with Crippen LogP contribution >= 0.6 is 61.9 Å². The van der Waals surface area contributed by atoms with Gasteiger partial charge in [0.2, 0.25) is 0 Å². The monoisotopic (exact) mass is 576 g/mol. The second-order valence-corrected chi connectivity index (χ2v) is 12.0. The summed E-state index contributed by atoms with van der Waals surface area (Å²) in [5, 5.41) is 0. The molecule has 13 heteroatoms. The van der Waals surface area contributed by atoms with E-state index >= 15 is 0 Å². The first-order valence-corrected chi connectivity index (χ1v) is 15.2. The van der Waals surface area contributed by atoms with Gasteiger partial charge in [0.15, 0.2) is 0 Å². The molecule has 2 atom stereocenters. The zero-order chi connectivity index (χ0) is 24.2. The fraction of sp³-hybridized carbons (Fsp3) is 0.400. The average molecular weight is 578 g/mol. The van der Waals surface area contributed by atoms with Crippen molar-refractivity contribution in [2.24, 2.45) is 0 Å². The number of hydrogen-bond acceptors (Lipinski definition) is 5. The van der Waals surface area contributed by atoms with Crippen molar-refractivity contribution in [3.63, 3.8) is 0 Å². The lowest BCUT2D eigenvalue weighted by atomic mass is 10.3. The van der Waals surface area contributed by atoms with E-state index in [4.69, 9.17) is 59.8 Å². The first-order valence-electron chi connectivity index (χ1n) is 10.1. The molecule has 184 valence electrons. The molecule has 2 aromatic carbocycles. The number of nitrogens with zero attached hydrogens (tertiary/aromatic N) is 2. The standard InChI is InChI=1S/C20H26Cl4N2O5P2/c21-11-15-25(16-12-22)32(27,29-19-7-3-1-4-8-19)31-33(28,26(17-13-23)18-14-24)30-20-9-5-2-6-10-20/h1-10H,11-18H2. The molecular weight excluding hydrogens is 552 g/mol. The Labute approximate surface area is 215 Å². The van der Waals surface area contributed by atoms with Gasteiger partial charge < -0.3 is 9.05 Å². The number of rotatable bonds is 16. The second kappa shape index (κ2) is 14.8. The smallest absolute Gasteiger partial charge is 0.413 e. The normalized spacial score (nSPS) is 15.2. The second-order valence-electron chi connectivity index (χ2n) is 6.49. The Morgan fingerprint density at radius 2 is 0.879 bits per heavy atom. The van der Waals surface area contributed by atoms with Gasteiger partial charge >= 0.3 is 15.5 Å². The van der Waals surface area contributed by atoms with Gasteiger partial charge in [0, 0.05) is 49.7 Å². The molecule has 2 unspecified atom stereocenters. The maximum absolute atomic E-state index is 14.2. The van der Waals surface area contributed by atoms with Gasteiger partial charge in [-0.05, 0) is 24.3 Å². The average Bonchev–Trinajstić information content (AvgIpc) is 2.80. The van der Waals surface area contributed by atoms with E-state index in [1.807, 2.05) is 0 Å². The van der Waals surface area contributed by atoms with Crippen LogP contribution in [0.3, 0.4) is 0 Å². The molecule has 0 aromatic heterocycles. The highest BCUT2D eigenvalue weighted by Crippen LogP contribution is 2.67. The van der Waals surface area contributed by atoms with Crippen LogP contribution in [0.15, 0.2) is 60.7 Å². The molecule has 0 spiro atoms. The minimum Gasteiger partial charge on any atom is -0.413 e. The minimum absolute atomic E-state index is 0.106. The first-order chi connectivity index (χ1) is 15.9.